The maximum Gasteiger partial charge on any atom is 0.270 e. The van der Waals surface area contributed by atoms with Crippen LogP contribution in [0.3, 0.4) is 0 Å². The van der Waals surface area contributed by atoms with Gasteiger partial charge in [-0.15, -0.1) is 0 Å². The van der Waals surface area contributed by atoms with E-state index in [1.54, 1.807) is 29.2 Å². The summed E-state index contributed by atoms with van der Waals surface area (Å²) in [5, 5.41) is 17.4. The Hall–Kier alpha value is -3.79. The smallest absolute Gasteiger partial charge is 0.270 e. The maximum absolute atomic E-state index is 14.0. The van der Waals surface area contributed by atoms with Crippen LogP contribution in [0.2, 0.25) is 0 Å². The number of carbonyl (C=O) groups excluding carboxylic acids is 3. The van der Waals surface area contributed by atoms with Crippen molar-refractivity contribution in [3.8, 4) is 0 Å². The Balaban J connectivity index is 1.52. The van der Waals surface area contributed by atoms with Gasteiger partial charge < -0.3 is 21.3 Å². The number of benzene rings is 2. The first-order chi connectivity index (χ1) is 18.8. The van der Waals surface area contributed by atoms with Gasteiger partial charge in [0.2, 0.25) is 5.91 Å². The molecule has 3 aliphatic rings. The summed E-state index contributed by atoms with van der Waals surface area (Å²) in [6.07, 6.45) is 8.82. The lowest BCUT2D eigenvalue weighted by Gasteiger charge is -2.37. The van der Waals surface area contributed by atoms with Gasteiger partial charge in [-0.2, -0.15) is 0 Å². The Morgan fingerprint density at radius 3 is 2.46 bits per heavy atom. The first kappa shape index (κ1) is 26.8. The molecule has 3 atom stereocenters. The fourth-order valence-electron chi connectivity index (χ4n) is 6.29. The van der Waals surface area contributed by atoms with E-state index < -0.39 is 16.9 Å². The molecule has 2 saturated carbocycles. The SMILES string of the molecule is NC1CCCCC1NC(=O)c1ccc2c(c1)NC(=O)CC(C1CCCCC1)N2C(=O)c1cccc([N+](=O)[O-])c1. The molecule has 1 aliphatic heterocycles. The summed E-state index contributed by atoms with van der Waals surface area (Å²) in [6, 6.07) is 10.0. The predicted molar refractivity (Wildman–Crippen MR) is 148 cm³/mol. The lowest BCUT2D eigenvalue weighted by molar-refractivity contribution is -0.384. The molecule has 2 aromatic carbocycles. The fraction of sp³-hybridized carbons (Fsp3) is 0.483. The summed E-state index contributed by atoms with van der Waals surface area (Å²) in [5.74, 6) is -0.793. The molecule has 1 heterocycles. The molecule has 3 unspecified atom stereocenters. The van der Waals surface area contributed by atoms with Crippen molar-refractivity contribution in [1.82, 2.24) is 5.32 Å². The quantitative estimate of drug-likeness (QED) is 0.380. The van der Waals surface area contributed by atoms with E-state index in [1.807, 2.05) is 0 Å². The second-order valence-corrected chi connectivity index (χ2v) is 11.0. The summed E-state index contributed by atoms with van der Waals surface area (Å²) in [5.41, 5.74) is 7.45. The molecular formula is C29H35N5O5. The number of non-ortho nitro benzene ring substituents is 1. The van der Waals surface area contributed by atoms with Crippen LogP contribution in [0.1, 0.15) is 84.9 Å². The lowest BCUT2D eigenvalue weighted by atomic mass is 9.81. The first-order valence-corrected chi connectivity index (χ1v) is 13.9. The van der Waals surface area contributed by atoms with Crippen LogP contribution in [-0.2, 0) is 4.79 Å². The summed E-state index contributed by atoms with van der Waals surface area (Å²) in [6.45, 7) is 0. The van der Waals surface area contributed by atoms with Crippen LogP contribution in [0.4, 0.5) is 17.1 Å². The zero-order valence-electron chi connectivity index (χ0n) is 21.9. The minimum absolute atomic E-state index is 0.0949. The van der Waals surface area contributed by atoms with Gasteiger partial charge in [-0.25, -0.2) is 0 Å². The van der Waals surface area contributed by atoms with E-state index in [9.17, 15) is 24.5 Å². The Labute approximate surface area is 227 Å². The van der Waals surface area contributed by atoms with Crippen LogP contribution in [-0.4, -0.2) is 40.8 Å². The molecule has 2 fully saturated rings. The molecule has 0 spiro atoms. The van der Waals surface area contributed by atoms with Crippen LogP contribution in [0, 0.1) is 16.0 Å². The van der Waals surface area contributed by atoms with E-state index in [2.05, 4.69) is 10.6 Å². The maximum atomic E-state index is 14.0. The molecule has 5 rings (SSSR count). The molecule has 2 aromatic rings. The van der Waals surface area contributed by atoms with Crippen LogP contribution in [0.15, 0.2) is 42.5 Å². The largest absolute Gasteiger partial charge is 0.348 e. The van der Waals surface area contributed by atoms with E-state index in [0.29, 0.717) is 16.9 Å². The normalized spacial score (nSPS) is 23.8. The second kappa shape index (κ2) is 11.5. The van der Waals surface area contributed by atoms with E-state index in [0.717, 1.165) is 57.8 Å². The number of amides is 3. The summed E-state index contributed by atoms with van der Waals surface area (Å²) in [7, 11) is 0. The number of fused-ring (bicyclic) bond motifs is 1. The van der Waals surface area contributed by atoms with Gasteiger partial charge in [0.05, 0.1) is 16.3 Å². The number of nitrogens with one attached hydrogen (secondary N) is 2. The van der Waals surface area contributed by atoms with Crippen LogP contribution < -0.4 is 21.3 Å². The highest BCUT2D eigenvalue weighted by Crippen LogP contribution is 2.40. The van der Waals surface area contributed by atoms with Gasteiger partial charge in [-0.05, 0) is 55.9 Å². The Kier molecular flexibility index (Phi) is 7.92. The second-order valence-electron chi connectivity index (χ2n) is 11.0. The zero-order valence-corrected chi connectivity index (χ0v) is 21.9. The molecule has 39 heavy (non-hydrogen) atoms. The van der Waals surface area contributed by atoms with Gasteiger partial charge >= 0.3 is 0 Å². The number of nitrogens with two attached hydrogens (primary N) is 1. The van der Waals surface area contributed by atoms with Gasteiger partial charge in [-0.1, -0.05) is 38.2 Å². The monoisotopic (exact) mass is 533 g/mol. The van der Waals surface area contributed by atoms with Gasteiger partial charge in [0, 0.05) is 47.8 Å². The molecule has 3 amide bonds. The molecule has 0 radical (unpaired) electrons. The number of rotatable bonds is 5. The van der Waals surface area contributed by atoms with E-state index >= 15 is 0 Å². The number of nitrogens with zero attached hydrogens (tertiary/aromatic N) is 2. The molecule has 10 heteroatoms. The highest BCUT2D eigenvalue weighted by Gasteiger charge is 2.38. The third-order valence-electron chi connectivity index (χ3n) is 8.37. The molecule has 10 nitrogen and oxygen atoms in total. The van der Waals surface area contributed by atoms with Gasteiger partial charge in [0.1, 0.15) is 0 Å². The van der Waals surface area contributed by atoms with Crippen LogP contribution in [0.25, 0.3) is 0 Å². The highest BCUT2D eigenvalue weighted by atomic mass is 16.6. The standard InChI is InChI=1S/C29H35N5O5/c30-22-11-4-5-12-23(22)32-28(36)19-13-14-25-24(16-19)31-27(35)17-26(18-7-2-1-3-8-18)33(25)29(37)20-9-6-10-21(15-20)34(38)39/h6,9-10,13-16,18,22-23,26H,1-5,7-8,11-12,17,30H2,(H,31,35)(H,32,36). The molecule has 206 valence electrons. The molecule has 2 aliphatic carbocycles. The van der Waals surface area contributed by atoms with E-state index in [-0.39, 0.29) is 47.5 Å². The summed E-state index contributed by atoms with van der Waals surface area (Å²) in [4.78, 5) is 52.8. The van der Waals surface area contributed by atoms with E-state index in [1.165, 1.54) is 18.2 Å². The Morgan fingerprint density at radius 1 is 0.974 bits per heavy atom. The minimum Gasteiger partial charge on any atom is -0.348 e. The predicted octanol–water partition coefficient (Wildman–Crippen LogP) is 4.53. The number of nitro groups is 1. The fourth-order valence-corrected chi connectivity index (χ4v) is 6.29. The van der Waals surface area contributed by atoms with Crippen LogP contribution >= 0.6 is 0 Å². The van der Waals surface area contributed by atoms with Crippen molar-refractivity contribution in [2.45, 2.75) is 82.3 Å². The zero-order chi connectivity index (χ0) is 27.5. The van der Waals surface area contributed by atoms with Gasteiger partial charge in [0.15, 0.2) is 0 Å². The van der Waals surface area contributed by atoms with Crippen molar-refractivity contribution in [3.63, 3.8) is 0 Å². The topological polar surface area (TPSA) is 148 Å². The minimum atomic E-state index is -0.528. The van der Waals surface area contributed by atoms with Crippen LogP contribution in [0.5, 0.6) is 0 Å². The Morgan fingerprint density at radius 2 is 1.72 bits per heavy atom. The number of hydrogen-bond donors (Lipinski definition) is 3. The summed E-state index contributed by atoms with van der Waals surface area (Å²) < 4.78 is 0. The Bertz CT molecular complexity index is 1270. The van der Waals surface area contributed by atoms with Crippen molar-refractivity contribution in [3.05, 3.63) is 63.7 Å². The molecule has 0 bridgehead atoms. The molecular weight excluding hydrogens is 498 g/mol. The third kappa shape index (κ3) is 5.80. The first-order valence-electron chi connectivity index (χ1n) is 13.9. The van der Waals surface area contributed by atoms with Gasteiger partial charge in [-0.3, -0.25) is 24.5 Å². The average Bonchev–Trinajstić information content (AvgIpc) is 3.09. The molecule has 0 aromatic heterocycles. The van der Waals surface area contributed by atoms with Crippen molar-refractivity contribution in [2.75, 3.05) is 10.2 Å². The number of anilines is 2. The highest BCUT2D eigenvalue weighted by molar-refractivity contribution is 6.12. The lowest BCUT2D eigenvalue weighted by Crippen LogP contribution is -2.49. The molecule has 0 saturated heterocycles. The summed E-state index contributed by atoms with van der Waals surface area (Å²) >= 11 is 0. The number of nitro benzene ring substituents is 1. The number of carbonyl (C=O) groups is 3. The van der Waals surface area contributed by atoms with Crippen molar-refractivity contribution in [1.29, 1.82) is 0 Å². The van der Waals surface area contributed by atoms with E-state index in [4.69, 9.17) is 5.73 Å². The number of hydrogen-bond acceptors (Lipinski definition) is 6. The van der Waals surface area contributed by atoms with Crippen molar-refractivity contribution in [2.24, 2.45) is 11.7 Å². The average molecular weight is 534 g/mol. The van der Waals surface area contributed by atoms with Gasteiger partial charge in [0.25, 0.3) is 17.5 Å². The third-order valence-corrected chi connectivity index (χ3v) is 8.37. The van der Waals surface area contributed by atoms with Crippen molar-refractivity contribution < 1.29 is 19.3 Å². The van der Waals surface area contributed by atoms with Crippen molar-refractivity contribution >= 4 is 34.8 Å². The molecule has 4 N–H and O–H groups in total.